The molecule has 1 fully saturated rings. The van der Waals surface area contributed by atoms with E-state index in [9.17, 15) is 18.0 Å². The van der Waals surface area contributed by atoms with Crippen LogP contribution in [-0.4, -0.2) is 70.5 Å². The minimum atomic E-state index is -4.13. The number of amides is 1. The Morgan fingerprint density at radius 2 is 1.94 bits per heavy atom. The molecule has 3 aromatic rings. The van der Waals surface area contributed by atoms with Crippen molar-refractivity contribution in [3.05, 3.63) is 48.2 Å². The van der Waals surface area contributed by atoms with Crippen LogP contribution in [0.5, 0.6) is 0 Å². The Morgan fingerprint density at radius 3 is 2.66 bits per heavy atom. The quantitative estimate of drug-likeness (QED) is 0.520. The highest BCUT2D eigenvalue weighted by Gasteiger charge is 2.32. The number of nitrogens with zero attached hydrogens (tertiary/aromatic N) is 5. The van der Waals surface area contributed by atoms with Crippen LogP contribution in [0.3, 0.4) is 0 Å². The number of pyridine rings is 1. The topological polar surface area (TPSA) is 145 Å². The molecule has 1 saturated heterocycles. The number of aromatic nitrogens is 4. The lowest BCUT2D eigenvalue weighted by Crippen LogP contribution is -2.35. The molecule has 1 atom stereocenters. The van der Waals surface area contributed by atoms with Crippen molar-refractivity contribution in [2.24, 2.45) is 0 Å². The van der Waals surface area contributed by atoms with E-state index in [1.165, 1.54) is 42.4 Å². The van der Waals surface area contributed by atoms with Crippen molar-refractivity contribution in [1.82, 2.24) is 24.3 Å². The number of fused-ring (bicyclic) bond motifs is 1. The Morgan fingerprint density at radius 1 is 1.17 bits per heavy atom. The van der Waals surface area contributed by atoms with E-state index in [2.05, 4.69) is 24.4 Å². The number of carbonyl (C=O) groups excluding carboxylic acids is 2. The van der Waals surface area contributed by atoms with Gasteiger partial charge in [-0.3, -0.25) is 0 Å². The minimum absolute atomic E-state index is 0.0843. The fraction of sp³-hybridized carbons (Fsp3) is 0.409. The molecule has 1 aliphatic heterocycles. The second-order valence-electron chi connectivity index (χ2n) is 9.07. The number of carbonyl (C=O) groups is 2. The van der Waals surface area contributed by atoms with Gasteiger partial charge in [0.1, 0.15) is 11.9 Å². The van der Waals surface area contributed by atoms with Gasteiger partial charge >= 0.3 is 12.1 Å². The number of likely N-dealkylation sites (tertiary alicyclic amines) is 1. The van der Waals surface area contributed by atoms with Crippen molar-refractivity contribution in [2.45, 2.75) is 43.7 Å². The zero-order valence-electron chi connectivity index (χ0n) is 19.8. The zero-order chi connectivity index (χ0) is 25.4. The molecular formula is C22H26N6O6S. The number of sulfonamides is 1. The zero-order valence-corrected chi connectivity index (χ0v) is 20.6. The Kier molecular flexibility index (Phi) is 6.36. The highest BCUT2D eigenvalue weighted by Crippen LogP contribution is 2.28. The Hall–Kier alpha value is -3.74. The van der Waals surface area contributed by atoms with E-state index < -0.39 is 27.7 Å². The molecule has 1 unspecified atom stereocenters. The maximum Gasteiger partial charge on any atom is 0.410 e. The average Bonchev–Trinajstić information content (AvgIpc) is 3.45. The SMILES string of the molecule is COC(=O)c1ccc2c(S(=O)(=O)Nc3nccc(C4CCN(C(=O)OC(C)(C)C)C4)n3)ncn2c1. The van der Waals surface area contributed by atoms with Gasteiger partial charge in [-0.25, -0.2) is 29.3 Å². The van der Waals surface area contributed by atoms with Gasteiger partial charge in [-0.1, -0.05) is 0 Å². The highest BCUT2D eigenvalue weighted by molar-refractivity contribution is 7.92. The molecule has 0 aliphatic carbocycles. The van der Waals surface area contributed by atoms with Gasteiger partial charge in [-0.2, -0.15) is 8.42 Å². The molecule has 0 aromatic carbocycles. The average molecular weight is 503 g/mol. The van der Waals surface area contributed by atoms with Crippen LogP contribution in [0.15, 0.2) is 41.9 Å². The number of esters is 1. The van der Waals surface area contributed by atoms with Crippen LogP contribution in [0, 0.1) is 0 Å². The number of methoxy groups -OCH3 is 1. The van der Waals surface area contributed by atoms with Crippen LogP contribution in [0.1, 0.15) is 49.2 Å². The lowest BCUT2D eigenvalue weighted by Gasteiger charge is -2.24. The summed E-state index contributed by atoms with van der Waals surface area (Å²) in [4.78, 5) is 38.1. The van der Waals surface area contributed by atoms with Gasteiger partial charge in [-0.15, -0.1) is 0 Å². The first-order valence-electron chi connectivity index (χ1n) is 10.9. The van der Waals surface area contributed by atoms with Gasteiger partial charge in [0.05, 0.1) is 23.9 Å². The van der Waals surface area contributed by atoms with Crippen molar-refractivity contribution < 1.29 is 27.5 Å². The number of hydrogen-bond acceptors (Lipinski definition) is 9. The van der Waals surface area contributed by atoms with Crippen molar-refractivity contribution in [1.29, 1.82) is 0 Å². The number of ether oxygens (including phenoxy) is 2. The molecule has 0 saturated carbocycles. The lowest BCUT2D eigenvalue weighted by atomic mass is 10.1. The van der Waals surface area contributed by atoms with Crippen molar-refractivity contribution in [2.75, 3.05) is 24.9 Å². The molecule has 35 heavy (non-hydrogen) atoms. The van der Waals surface area contributed by atoms with Gasteiger partial charge in [-0.05, 0) is 45.4 Å². The second-order valence-corrected chi connectivity index (χ2v) is 10.7. The maximum atomic E-state index is 13.0. The third kappa shape index (κ3) is 5.34. The third-order valence-corrected chi connectivity index (χ3v) is 6.61. The first-order chi connectivity index (χ1) is 16.5. The van der Waals surface area contributed by atoms with E-state index in [1.54, 1.807) is 11.0 Å². The Balaban J connectivity index is 1.51. The van der Waals surface area contributed by atoms with Gasteiger partial charge in [0.25, 0.3) is 10.0 Å². The molecule has 0 radical (unpaired) electrons. The van der Waals surface area contributed by atoms with Gasteiger partial charge in [0.15, 0.2) is 0 Å². The van der Waals surface area contributed by atoms with Gasteiger partial charge in [0, 0.05) is 31.4 Å². The monoisotopic (exact) mass is 502 g/mol. The summed E-state index contributed by atoms with van der Waals surface area (Å²) in [7, 11) is -2.87. The normalized spacial score (nSPS) is 16.3. The molecule has 0 spiro atoms. The first kappa shape index (κ1) is 24.4. The molecule has 0 bridgehead atoms. The van der Waals surface area contributed by atoms with E-state index in [4.69, 9.17) is 4.74 Å². The molecule has 1 amide bonds. The fourth-order valence-electron chi connectivity index (χ4n) is 3.73. The summed E-state index contributed by atoms with van der Waals surface area (Å²) in [5, 5.41) is -0.236. The first-order valence-corrected chi connectivity index (χ1v) is 12.3. The van der Waals surface area contributed by atoms with Gasteiger partial charge < -0.3 is 18.8 Å². The summed E-state index contributed by atoms with van der Waals surface area (Å²) in [6.07, 6.45) is 4.45. The minimum Gasteiger partial charge on any atom is -0.465 e. The van der Waals surface area contributed by atoms with E-state index >= 15 is 0 Å². The third-order valence-electron chi connectivity index (χ3n) is 5.33. The number of hydrogen-bond donors (Lipinski definition) is 1. The summed E-state index contributed by atoms with van der Waals surface area (Å²) in [6, 6.07) is 4.62. The van der Waals surface area contributed by atoms with E-state index in [0.717, 1.165) is 0 Å². The summed E-state index contributed by atoms with van der Waals surface area (Å²) in [6.45, 7) is 6.35. The summed E-state index contributed by atoms with van der Waals surface area (Å²) >= 11 is 0. The smallest absolute Gasteiger partial charge is 0.410 e. The van der Waals surface area contributed by atoms with Crippen LogP contribution >= 0.6 is 0 Å². The van der Waals surface area contributed by atoms with Crippen LogP contribution in [0.4, 0.5) is 10.7 Å². The van der Waals surface area contributed by atoms with E-state index in [0.29, 0.717) is 25.2 Å². The molecule has 12 nitrogen and oxygen atoms in total. The highest BCUT2D eigenvalue weighted by atomic mass is 32.2. The predicted octanol–water partition coefficient (Wildman–Crippen LogP) is 2.44. The Labute approximate surface area is 202 Å². The molecule has 186 valence electrons. The molecule has 3 aromatic heterocycles. The van der Waals surface area contributed by atoms with Crippen LogP contribution in [0.25, 0.3) is 5.52 Å². The lowest BCUT2D eigenvalue weighted by molar-refractivity contribution is 0.0292. The molecule has 1 aliphatic rings. The largest absolute Gasteiger partial charge is 0.465 e. The maximum absolute atomic E-state index is 13.0. The van der Waals surface area contributed by atoms with Gasteiger partial charge in [0.2, 0.25) is 11.0 Å². The number of nitrogens with one attached hydrogen (secondary N) is 1. The molecule has 13 heteroatoms. The van der Waals surface area contributed by atoms with Crippen molar-refractivity contribution in [3.63, 3.8) is 0 Å². The summed E-state index contributed by atoms with van der Waals surface area (Å²) < 4.78 is 40.0. The van der Waals surface area contributed by atoms with Crippen LogP contribution in [0.2, 0.25) is 0 Å². The second kappa shape index (κ2) is 9.13. The number of imidazole rings is 1. The fourth-order valence-corrected chi connectivity index (χ4v) is 4.80. The summed E-state index contributed by atoms with van der Waals surface area (Å²) in [5.74, 6) is -0.741. The van der Waals surface area contributed by atoms with E-state index in [-0.39, 0.29) is 28.0 Å². The van der Waals surface area contributed by atoms with E-state index in [1.807, 2.05) is 20.8 Å². The molecule has 4 rings (SSSR count). The number of rotatable bonds is 5. The van der Waals surface area contributed by atoms with Crippen LogP contribution in [-0.2, 0) is 19.5 Å². The molecule has 4 heterocycles. The van der Waals surface area contributed by atoms with Crippen LogP contribution < -0.4 is 4.72 Å². The molecular weight excluding hydrogens is 476 g/mol. The summed E-state index contributed by atoms with van der Waals surface area (Å²) in [5.41, 5.74) is 0.543. The Bertz CT molecular complexity index is 1380. The van der Waals surface area contributed by atoms with Crippen molar-refractivity contribution >= 4 is 33.6 Å². The standard InChI is InChI=1S/C22H26N6O6S/c1-22(2,3)34-21(30)27-10-8-14(11-27)16-7-9-23-20(25-16)26-35(31,32)18-17-6-5-15(19(29)33-4)12-28(17)13-24-18/h5-7,9,12-14H,8,10-11H2,1-4H3,(H,23,25,26). The van der Waals surface area contributed by atoms with Crippen molar-refractivity contribution in [3.8, 4) is 0 Å². The molecule has 1 N–H and O–H groups in total. The number of anilines is 1. The predicted molar refractivity (Wildman–Crippen MR) is 125 cm³/mol.